The Kier molecular flexibility index (Phi) is 4.72. The molecule has 21 heavy (non-hydrogen) atoms. The van der Waals surface area contributed by atoms with Crippen LogP contribution in [0.4, 0.5) is 0 Å². The fourth-order valence-corrected chi connectivity index (χ4v) is 2.26. The van der Waals surface area contributed by atoms with E-state index in [1.165, 1.54) is 6.33 Å². The molecule has 0 spiro atoms. The highest BCUT2D eigenvalue weighted by Crippen LogP contribution is 2.18. The molecule has 0 aliphatic heterocycles. The smallest absolute Gasteiger partial charge is 0.242 e. The fourth-order valence-electron chi connectivity index (χ4n) is 2.26. The van der Waals surface area contributed by atoms with Gasteiger partial charge in [-0.15, -0.1) is 0 Å². The zero-order valence-corrected chi connectivity index (χ0v) is 12.9. The maximum Gasteiger partial charge on any atom is 0.242 e. The van der Waals surface area contributed by atoms with Crippen LogP contribution in [0.15, 0.2) is 18.7 Å². The average molecular weight is 290 g/mol. The SMILES string of the molecule is Cc1cnn(CC(=O)N[C@H](CC(C)C)c2ncnn2C)c1. The summed E-state index contributed by atoms with van der Waals surface area (Å²) in [6.45, 7) is 6.39. The molecule has 1 amide bonds. The Hall–Kier alpha value is -2.18. The molecule has 0 saturated carbocycles. The van der Waals surface area contributed by atoms with Gasteiger partial charge in [-0.1, -0.05) is 13.8 Å². The van der Waals surface area contributed by atoms with E-state index in [0.29, 0.717) is 5.92 Å². The van der Waals surface area contributed by atoms with Gasteiger partial charge in [-0.25, -0.2) is 4.98 Å². The van der Waals surface area contributed by atoms with Crippen LogP contribution in [0.2, 0.25) is 0 Å². The van der Waals surface area contributed by atoms with Gasteiger partial charge in [0.2, 0.25) is 5.91 Å². The summed E-state index contributed by atoms with van der Waals surface area (Å²) in [5.41, 5.74) is 1.04. The predicted molar refractivity (Wildman–Crippen MR) is 78.3 cm³/mol. The maximum absolute atomic E-state index is 12.2. The van der Waals surface area contributed by atoms with E-state index in [1.54, 1.807) is 15.6 Å². The van der Waals surface area contributed by atoms with Gasteiger partial charge in [-0.3, -0.25) is 14.2 Å². The monoisotopic (exact) mass is 290 g/mol. The summed E-state index contributed by atoms with van der Waals surface area (Å²) in [6, 6.07) is -0.137. The van der Waals surface area contributed by atoms with E-state index in [9.17, 15) is 4.79 Å². The minimum atomic E-state index is -0.137. The first-order valence-corrected chi connectivity index (χ1v) is 7.08. The number of nitrogens with zero attached hydrogens (tertiary/aromatic N) is 5. The topological polar surface area (TPSA) is 77.6 Å². The van der Waals surface area contributed by atoms with Crippen molar-refractivity contribution < 1.29 is 4.79 Å². The molecule has 0 bridgehead atoms. The standard InChI is InChI=1S/C14H22N6O/c1-10(2)5-12(14-15-9-17-19(14)4)18-13(21)8-20-7-11(3)6-16-20/h6-7,9-10,12H,5,8H2,1-4H3,(H,18,21)/t12-/m1/s1. The molecule has 0 unspecified atom stereocenters. The number of rotatable bonds is 6. The van der Waals surface area contributed by atoms with Crippen LogP contribution in [0.5, 0.6) is 0 Å². The van der Waals surface area contributed by atoms with Crippen molar-refractivity contribution in [3.05, 3.63) is 30.1 Å². The molecule has 1 atom stereocenters. The van der Waals surface area contributed by atoms with Gasteiger partial charge in [0, 0.05) is 13.2 Å². The molecular formula is C14H22N6O. The van der Waals surface area contributed by atoms with Gasteiger partial charge in [0.25, 0.3) is 0 Å². The van der Waals surface area contributed by atoms with Crippen LogP contribution >= 0.6 is 0 Å². The Bertz CT molecular complexity index is 600. The molecule has 1 N–H and O–H groups in total. The quantitative estimate of drug-likeness (QED) is 0.868. The van der Waals surface area contributed by atoms with Crippen molar-refractivity contribution in [3.8, 4) is 0 Å². The van der Waals surface area contributed by atoms with E-state index in [-0.39, 0.29) is 18.5 Å². The number of hydrogen-bond donors (Lipinski definition) is 1. The Morgan fingerprint density at radius 1 is 1.38 bits per heavy atom. The predicted octanol–water partition coefficient (Wildman–Crippen LogP) is 1.22. The van der Waals surface area contributed by atoms with E-state index in [1.807, 2.05) is 20.2 Å². The van der Waals surface area contributed by atoms with Crippen LogP contribution in [-0.4, -0.2) is 30.5 Å². The molecule has 0 aliphatic rings. The summed E-state index contributed by atoms with van der Waals surface area (Å²) in [5, 5.41) is 11.2. The zero-order valence-electron chi connectivity index (χ0n) is 12.9. The Morgan fingerprint density at radius 2 is 2.14 bits per heavy atom. The van der Waals surface area contributed by atoms with Gasteiger partial charge in [-0.2, -0.15) is 10.2 Å². The summed E-state index contributed by atoms with van der Waals surface area (Å²) in [5.74, 6) is 1.14. The minimum Gasteiger partial charge on any atom is -0.344 e. The van der Waals surface area contributed by atoms with Gasteiger partial charge in [-0.05, 0) is 24.8 Å². The molecule has 0 saturated heterocycles. The molecule has 2 rings (SSSR count). The second kappa shape index (κ2) is 6.51. The third kappa shape index (κ3) is 4.14. The van der Waals surface area contributed by atoms with Crippen molar-refractivity contribution in [3.63, 3.8) is 0 Å². The number of carbonyl (C=O) groups excluding carboxylic acids is 1. The van der Waals surface area contributed by atoms with Crippen LogP contribution in [0.25, 0.3) is 0 Å². The fraction of sp³-hybridized carbons (Fsp3) is 0.571. The highest BCUT2D eigenvalue weighted by Gasteiger charge is 2.20. The summed E-state index contributed by atoms with van der Waals surface area (Å²) in [7, 11) is 1.83. The average Bonchev–Trinajstić information content (AvgIpc) is 2.97. The molecule has 2 aromatic rings. The van der Waals surface area contributed by atoms with Crippen molar-refractivity contribution in [2.24, 2.45) is 13.0 Å². The molecule has 0 aliphatic carbocycles. The van der Waals surface area contributed by atoms with Crippen LogP contribution in [0.3, 0.4) is 0 Å². The first-order chi connectivity index (χ1) is 9.95. The van der Waals surface area contributed by atoms with Gasteiger partial charge in [0.1, 0.15) is 18.7 Å². The number of hydrogen-bond acceptors (Lipinski definition) is 4. The van der Waals surface area contributed by atoms with Gasteiger partial charge in [0.05, 0.1) is 12.2 Å². The van der Waals surface area contributed by atoms with Crippen molar-refractivity contribution in [2.45, 2.75) is 39.8 Å². The van der Waals surface area contributed by atoms with E-state index < -0.39 is 0 Å². The Balaban J connectivity index is 2.04. The molecule has 0 fully saturated rings. The van der Waals surface area contributed by atoms with Gasteiger partial charge < -0.3 is 5.32 Å². The van der Waals surface area contributed by atoms with Crippen molar-refractivity contribution in [1.82, 2.24) is 29.9 Å². The van der Waals surface area contributed by atoms with Crippen LogP contribution < -0.4 is 5.32 Å². The molecule has 7 heteroatoms. The van der Waals surface area contributed by atoms with E-state index in [2.05, 4.69) is 34.3 Å². The minimum absolute atomic E-state index is 0.0771. The molecule has 7 nitrogen and oxygen atoms in total. The van der Waals surface area contributed by atoms with Crippen molar-refractivity contribution >= 4 is 5.91 Å². The van der Waals surface area contributed by atoms with Crippen molar-refractivity contribution in [2.75, 3.05) is 0 Å². The van der Waals surface area contributed by atoms with Crippen LogP contribution in [0, 0.1) is 12.8 Å². The lowest BCUT2D eigenvalue weighted by Crippen LogP contribution is -2.34. The van der Waals surface area contributed by atoms with Gasteiger partial charge in [0.15, 0.2) is 0 Å². The molecular weight excluding hydrogens is 268 g/mol. The van der Waals surface area contributed by atoms with Crippen LogP contribution in [-0.2, 0) is 18.4 Å². The lowest BCUT2D eigenvalue weighted by molar-refractivity contribution is -0.122. The highest BCUT2D eigenvalue weighted by atomic mass is 16.2. The lowest BCUT2D eigenvalue weighted by atomic mass is 10.0. The maximum atomic E-state index is 12.2. The number of carbonyl (C=O) groups is 1. The second-order valence-electron chi connectivity index (χ2n) is 5.71. The summed E-state index contributed by atoms with van der Waals surface area (Å²) >= 11 is 0. The van der Waals surface area contributed by atoms with Crippen LogP contribution in [0.1, 0.15) is 37.7 Å². The summed E-state index contributed by atoms with van der Waals surface area (Å²) in [6.07, 6.45) is 5.91. The third-order valence-electron chi connectivity index (χ3n) is 3.17. The Morgan fingerprint density at radius 3 is 2.67 bits per heavy atom. The molecule has 0 radical (unpaired) electrons. The van der Waals surface area contributed by atoms with Crippen molar-refractivity contribution in [1.29, 1.82) is 0 Å². The van der Waals surface area contributed by atoms with Gasteiger partial charge >= 0.3 is 0 Å². The molecule has 2 heterocycles. The third-order valence-corrected chi connectivity index (χ3v) is 3.17. The zero-order chi connectivity index (χ0) is 15.4. The normalized spacial score (nSPS) is 12.6. The van der Waals surface area contributed by atoms with E-state index >= 15 is 0 Å². The number of aromatic nitrogens is 5. The highest BCUT2D eigenvalue weighted by molar-refractivity contribution is 5.76. The number of nitrogens with one attached hydrogen (secondary N) is 1. The van der Waals surface area contributed by atoms with E-state index in [0.717, 1.165) is 17.8 Å². The molecule has 2 aromatic heterocycles. The molecule has 0 aromatic carbocycles. The summed E-state index contributed by atoms with van der Waals surface area (Å²) < 4.78 is 3.33. The molecule has 114 valence electrons. The summed E-state index contributed by atoms with van der Waals surface area (Å²) in [4.78, 5) is 16.4. The second-order valence-corrected chi connectivity index (χ2v) is 5.71. The first-order valence-electron chi connectivity index (χ1n) is 7.08. The lowest BCUT2D eigenvalue weighted by Gasteiger charge is -2.19. The van der Waals surface area contributed by atoms with E-state index in [4.69, 9.17) is 0 Å². The number of amides is 1. The Labute approximate surface area is 124 Å². The number of aryl methyl sites for hydroxylation is 2. The largest absolute Gasteiger partial charge is 0.344 e. The first kappa shape index (κ1) is 15.2.